The maximum absolute atomic E-state index is 13.3. The number of rotatable bonds is 6. The van der Waals surface area contributed by atoms with Crippen LogP contribution in [0.3, 0.4) is 0 Å². The quantitative estimate of drug-likeness (QED) is 0.718. The number of hydrogen-bond acceptors (Lipinski definition) is 3. The Hall–Kier alpha value is -2.25. The third kappa shape index (κ3) is 5.64. The number of hydrogen-bond donors (Lipinski definition) is 0. The molecule has 1 aliphatic rings. The SMILES string of the molecule is Cc1ccc(S(=O)(=O)N(CC(=O)N2CCCCCC2)Cc2ccc(F)cc2)cc1. The molecule has 0 unspecified atom stereocenters. The number of carbonyl (C=O) groups is 1. The number of halogens is 1. The highest BCUT2D eigenvalue weighted by atomic mass is 32.2. The molecule has 0 N–H and O–H groups in total. The van der Waals surface area contributed by atoms with Crippen LogP contribution in [0.5, 0.6) is 0 Å². The second-order valence-corrected chi connectivity index (χ2v) is 9.45. The third-order valence-electron chi connectivity index (χ3n) is 5.20. The Morgan fingerprint density at radius 1 is 0.966 bits per heavy atom. The van der Waals surface area contributed by atoms with Gasteiger partial charge in [0, 0.05) is 19.6 Å². The Balaban J connectivity index is 1.86. The van der Waals surface area contributed by atoms with Crippen LogP contribution in [-0.4, -0.2) is 43.2 Å². The van der Waals surface area contributed by atoms with Crippen molar-refractivity contribution < 1.29 is 17.6 Å². The molecule has 0 aromatic heterocycles. The monoisotopic (exact) mass is 418 g/mol. The van der Waals surface area contributed by atoms with Gasteiger partial charge in [0.25, 0.3) is 0 Å². The van der Waals surface area contributed by atoms with Gasteiger partial charge in [-0.2, -0.15) is 4.31 Å². The van der Waals surface area contributed by atoms with E-state index in [0.29, 0.717) is 18.7 Å². The Labute approximate surface area is 172 Å². The Morgan fingerprint density at radius 2 is 1.55 bits per heavy atom. The lowest BCUT2D eigenvalue weighted by molar-refractivity contribution is -0.131. The van der Waals surface area contributed by atoms with Gasteiger partial charge in [0.1, 0.15) is 5.82 Å². The molecule has 0 radical (unpaired) electrons. The van der Waals surface area contributed by atoms with Gasteiger partial charge >= 0.3 is 0 Å². The van der Waals surface area contributed by atoms with Crippen molar-refractivity contribution in [3.05, 3.63) is 65.5 Å². The normalized spacial score (nSPS) is 15.3. The van der Waals surface area contributed by atoms with Crippen LogP contribution >= 0.6 is 0 Å². The van der Waals surface area contributed by atoms with Gasteiger partial charge in [-0.15, -0.1) is 0 Å². The molecule has 2 aromatic carbocycles. The summed E-state index contributed by atoms with van der Waals surface area (Å²) in [6.45, 7) is 2.99. The van der Waals surface area contributed by atoms with Crippen molar-refractivity contribution in [1.82, 2.24) is 9.21 Å². The van der Waals surface area contributed by atoms with Crippen molar-refractivity contribution in [2.45, 2.75) is 44.0 Å². The van der Waals surface area contributed by atoms with Gasteiger partial charge in [-0.25, -0.2) is 12.8 Å². The minimum Gasteiger partial charge on any atom is -0.342 e. The van der Waals surface area contributed by atoms with E-state index in [9.17, 15) is 17.6 Å². The van der Waals surface area contributed by atoms with Crippen LogP contribution in [0.15, 0.2) is 53.4 Å². The average Bonchev–Trinajstić information content (AvgIpc) is 2.99. The van der Waals surface area contributed by atoms with Gasteiger partial charge in [-0.3, -0.25) is 4.79 Å². The smallest absolute Gasteiger partial charge is 0.243 e. The van der Waals surface area contributed by atoms with Gasteiger partial charge in [0.15, 0.2) is 0 Å². The molecule has 0 spiro atoms. The zero-order valence-corrected chi connectivity index (χ0v) is 17.5. The van der Waals surface area contributed by atoms with E-state index in [1.807, 2.05) is 6.92 Å². The molecule has 1 heterocycles. The summed E-state index contributed by atoms with van der Waals surface area (Å²) in [6.07, 6.45) is 4.05. The summed E-state index contributed by atoms with van der Waals surface area (Å²) < 4.78 is 41.0. The average molecular weight is 419 g/mol. The fourth-order valence-corrected chi connectivity index (χ4v) is 4.83. The molecule has 7 heteroatoms. The molecular formula is C22H27FN2O3S. The molecule has 1 saturated heterocycles. The number of aryl methyl sites for hydroxylation is 1. The number of sulfonamides is 1. The zero-order chi connectivity index (χ0) is 20.9. The van der Waals surface area contributed by atoms with Crippen molar-refractivity contribution in [3.8, 4) is 0 Å². The summed E-state index contributed by atoms with van der Waals surface area (Å²) in [5.74, 6) is -0.577. The van der Waals surface area contributed by atoms with E-state index in [2.05, 4.69) is 0 Å². The number of carbonyl (C=O) groups excluding carboxylic acids is 1. The maximum Gasteiger partial charge on any atom is 0.243 e. The summed E-state index contributed by atoms with van der Waals surface area (Å²) in [5, 5.41) is 0. The molecule has 29 heavy (non-hydrogen) atoms. The predicted molar refractivity (Wildman–Crippen MR) is 110 cm³/mol. The molecule has 2 aromatic rings. The maximum atomic E-state index is 13.3. The Kier molecular flexibility index (Phi) is 7.03. The summed E-state index contributed by atoms with van der Waals surface area (Å²) in [6, 6.07) is 12.3. The highest BCUT2D eigenvalue weighted by molar-refractivity contribution is 7.89. The first-order valence-electron chi connectivity index (χ1n) is 9.95. The van der Waals surface area contributed by atoms with E-state index in [-0.39, 0.29) is 29.7 Å². The van der Waals surface area contributed by atoms with Crippen LogP contribution in [0.25, 0.3) is 0 Å². The molecule has 1 fully saturated rings. The van der Waals surface area contributed by atoms with Gasteiger partial charge in [0.05, 0.1) is 11.4 Å². The molecule has 1 aliphatic heterocycles. The standard InChI is InChI=1S/C22H27FN2O3S/c1-18-6-12-21(13-7-18)29(27,28)25(16-19-8-10-20(23)11-9-19)17-22(26)24-14-4-2-3-5-15-24/h6-13H,2-5,14-17H2,1H3. The van der Waals surface area contributed by atoms with Crippen LogP contribution in [0.1, 0.15) is 36.8 Å². The first-order chi connectivity index (χ1) is 13.9. The second-order valence-electron chi connectivity index (χ2n) is 7.51. The Morgan fingerprint density at radius 3 is 2.14 bits per heavy atom. The number of likely N-dealkylation sites (tertiary alicyclic amines) is 1. The van der Waals surface area contributed by atoms with E-state index in [1.165, 1.54) is 16.4 Å². The van der Waals surface area contributed by atoms with Crippen molar-refractivity contribution in [2.24, 2.45) is 0 Å². The summed E-state index contributed by atoms with van der Waals surface area (Å²) in [4.78, 5) is 14.8. The fourth-order valence-electron chi connectivity index (χ4n) is 3.45. The van der Waals surface area contributed by atoms with Crippen molar-refractivity contribution in [2.75, 3.05) is 19.6 Å². The van der Waals surface area contributed by atoms with E-state index >= 15 is 0 Å². The van der Waals surface area contributed by atoms with Gasteiger partial charge in [-0.1, -0.05) is 42.7 Å². The minimum absolute atomic E-state index is 0.00999. The summed E-state index contributed by atoms with van der Waals surface area (Å²) in [5.41, 5.74) is 1.58. The van der Waals surface area contributed by atoms with E-state index in [0.717, 1.165) is 31.2 Å². The second kappa shape index (κ2) is 9.50. The fraction of sp³-hybridized carbons (Fsp3) is 0.409. The van der Waals surface area contributed by atoms with Crippen molar-refractivity contribution >= 4 is 15.9 Å². The van der Waals surface area contributed by atoms with Gasteiger partial charge in [-0.05, 0) is 49.6 Å². The third-order valence-corrected chi connectivity index (χ3v) is 7.01. The van der Waals surface area contributed by atoms with Crippen LogP contribution in [-0.2, 0) is 21.4 Å². The predicted octanol–water partition coefficient (Wildman–Crippen LogP) is 3.73. The summed E-state index contributed by atoms with van der Waals surface area (Å²) >= 11 is 0. The molecule has 0 atom stereocenters. The molecule has 1 amide bonds. The Bertz CT molecular complexity index is 920. The van der Waals surface area contributed by atoms with E-state index < -0.39 is 10.0 Å². The molecule has 156 valence electrons. The molecule has 0 saturated carbocycles. The largest absolute Gasteiger partial charge is 0.342 e. The van der Waals surface area contributed by atoms with E-state index in [1.54, 1.807) is 41.3 Å². The van der Waals surface area contributed by atoms with Crippen LogP contribution in [0.2, 0.25) is 0 Å². The first-order valence-corrected chi connectivity index (χ1v) is 11.4. The van der Waals surface area contributed by atoms with Gasteiger partial charge in [0.2, 0.25) is 15.9 Å². The molecule has 3 rings (SSSR count). The number of benzene rings is 2. The lowest BCUT2D eigenvalue weighted by Gasteiger charge is -2.26. The lowest BCUT2D eigenvalue weighted by Crippen LogP contribution is -2.43. The van der Waals surface area contributed by atoms with Crippen LogP contribution < -0.4 is 0 Å². The molecular weight excluding hydrogens is 391 g/mol. The van der Waals surface area contributed by atoms with Crippen molar-refractivity contribution in [1.29, 1.82) is 0 Å². The van der Waals surface area contributed by atoms with Gasteiger partial charge < -0.3 is 4.90 Å². The minimum atomic E-state index is -3.88. The van der Waals surface area contributed by atoms with Crippen LogP contribution in [0.4, 0.5) is 4.39 Å². The number of amides is 1. The molecule has 0 bridgehead atoms. The highest BCUT2D eigenvalue weighted by Gasteiger charge is 2.29. The van der Waals surface area contributed by atoms with Crippen LogP contribution in [0, 0.1) is 12.7 Å². The topological polar surface area (TPSA) is 57.7 Å². The van der Waals surface area contributed by atoms with E-state index in [4.69, 9.17) is 0 Å². The highest BCUT2D eigenvalue weighted by Crippen LogP contribution is 2.20. The molecule has 0 aliphatic carbocycles. The zero-order valence-electron chi connectivity index (χ0n) is 16.7. The number of nitrogens with zero attached hydrogens (tertiary/aromatic N) is 2. The van der Waals surface area contributed by atoms with Crippen molar-refractivity contribution in [3.63, 3.8) is 0 Å². The summed E-state index contributed by atoms with van der Waals surface area (Å²) in [7, 11) is -3.88. The molecule has 5 nitrogen and oxygen atoms in total. The lowest BCUT2D eigenvalue weighted by atomic mass is 10.2. The first kappa shape index (κ1) is 21.5.